The van der Waals surface area contributed by atoms with E-state index in [1.807, 2.05) is 12.1 Å². The summed E-state index contributed by atoms with van der Waals surface area (Å²) < 4.78 is 0. The number of halogens is 2. The zero-order chi connectivity index (χ0) is 6.97. The number of hydrogen-bond donors (Lipinski definition) is 0. The van der Waals surface area contributed by atoms with Gasteiger partial charge in [0.25, 0.3) is 0 Å². The van der Waals surface area contributed by atoms with Crippen LogP contribution in [0.2, 0.25) is 5.02 Å². The standard InChI is InChI=1S/C8H6ClS.ClH/c9-7-1-3-8(4-2-7)10-5-6-10;/h1-6H;1H/q+1;/p-1. The van der Waals surface area contributed by atoms with Gasteiger partial charge >= 0.3 is 0 Å². The van der Waals surface area contributed by atoms with Crippen molar-refractivity contribution in [3.8, 4) is 0 Å². The van der Waals surface area contributed by atoms with Crippen molar-refractivity contribution in [3.63, 3.8) is 0 Å². The van der Waals surface area contributed by atoms with Crippen LogP contribution in [0.5, 0.6) is 0 Å². The Kier molecular flexibility index (Phi) is 2.88. The average molecular weight is 205 g/mol. The van der Waals surface area contributed by atoms with Crippen molar-refractivity contribution < 1.29 is 12.4 Å². The lowest BCUT2D eigenvalue weighted by molar-refractivity contribution is -0.00000183. The molecule has 3 heteroatoms. The van der Waals surface area contributed by atoms with Gasteiger partial charge in [-0.3, -0.25) is 0 Å². The third-order valence-corrected chi connectivity index (χ3v) is 2.97. The molecule has 1 heterocycles. The second-order valence-corrected chi connectivity index (χ2v) is 4.29. The van der Waals surface area contributed by atoms with Gasteiger partial charge in [-0.25, -0.2) is 0 Å². The van der Waals surface area contributed by atoms with E-state index in [2.05, 4.69) is 22.9 Å². The van der Waals surface area contributed by atoms with Crippen molar-refractivity contribution in [2.75, 3.05) is 0 Å². The lowest BCUT2D eigenvalue weighted by Gasteiger charge is -1.87. The Morgan fingerprint density at radius 3 is 2.00 bits per heavy atom. The van der Waals surface area contributed by atoms with Gasteiger partial charge in [0.05, 0.1) is 10.9 Å². The summed E-state index contributed by atoms with van der Waals surface area (Å²) in [5.41, 5.74) is 0. The van der Waals surface area contributed by atoms with Crippen molar-refractivity contribution in [2.45, 2.75) is 4.90 Å². The van der Waals surface area contributed by atoms with Gasteiger partial charge in [0.1, 0.15) is 0 Å². The molecule has 1 aliphatic heterocycles. The van der Waals surface area contributed by atoms with Gasteiger partial charge in [0.15, 0.2) is 15.7 Å². The predicted molar refractivity (Wildman–Crippen MR) is 46.2 cm³/mol. The highest BCUT2D eigenvalue weighted by Gasteiger charge is 2.27. The van der Waals surface area contributed by atoms with Gasteiger partial charge in [-0.1, -0.05) is 11.6 Å². The average Bonchev–Trinajstić information content (AvgIpc) is 2.71. The van der Waals surface area contributed by atoms with Crippen LogP contribution in [0.4, 0.5) is 0 Å². The van der Waals surface area contributed by atoms with Crippen molar-refractivity contribution in [2.24, 2.45) is 0 Å². The minimum Gasteiger partial charge on any atom is -1.00 e. The van der Waals surface area contributed by atoms with E-state index in [4.69, 9.17) is 11.6 Å². The fraction of sp³-hybridized carbons (Fsp3) is 0. The first-order valence-electron chi connectivity index (χ1n) is 3.02. The van der Waals surface area contributed by atoms with Gasteiger partial charge in [-0.05, 0) is 24.3 Å². The summed E-state index contributed by atoms with van der Waals surface area (Å²) in [7, 11) is 0.354. The predicted octanol–water partition coefficient (Wildman–Crippen LogP) is -0.194. The Bertz CT molecular complexity index is 260. The fourth-order valence-electron chi connectivity index (χ4n) is 0.777. The zero-order valence-electron chi connectivity index (χ0n) is 5.63. The summed E-state index contributed by atoms with van der Waals surface area (Å²) in [6, 6.07) is 8.02. The molecule has 0 radical (unpaired) electrons. The molecule has 1 aliphatic rings. The van der Waals surface area contributed by atoms with E-state index in [1.165, 1.54) is 4.90 Å². The third-order valence-electron chi connectivity index (χ3n) is 1.36. The van der Waals surface area contributed by atoms with Crippen LogP contribution in [-0.2, 0) is 10.9 Å². The summed E-state index contributed by atoms with van der Waals surface area (Å²) in [5, 5.41) is 5.21. The Balaban J connectivity index is 0.000000605. The van der Waals surface area contributed by atoms with Gasteiger partial charge in [0.2, 0.25) is 0 Å². The highest BCUT2D eigenvalue weighted by Crippen LogP contribution is 2.27. The van der Waals surface area contributed by atoms with Crippen molar-refractivity contribution in [1.82, 2.24) is 0 Å². The van der Waals surface area contributed by atoms with E-state index in [-0.39, 0.29) is 12.4 Å². The number of hydrogen-bond acceptors (Lipinski definition) is 0. The van der Waals surface area contributed by atoms with Crippen molar-refractivity contribution in [3.05, 3.63) is 40.1 Å². The second kappa shape index (κ2) is 3.53. The lowest BCUT2D eigenvalue weighted by atomic mass is 10.4. The molecule has 0 aliphatic carbocycles. The minimum absolute atomic E-state index is 0. The molecule has 58 valence electrons. The monoisotopic (exact) mass is 204 g/mol. The third kappa shape index (κ3) is 2.16. The molecule has 11 heavy (non-hydrogen) atoms. The summed E-state index contributed by atoms with van der Waals surface area (Å²) in [5.74, 6) is 0. The molecule has 0 amide bonds. The number of rotatable bonds is 1. The molecule has 0 aromatic heterocycles. The minimum atomic E-state index is 0. The topological polar surface area (TPSA) is 0 Å². The van der Waals surface area contributed by atoms with Crippen LogP contribution < -0.4 is 12.4 Å². The van der Waals surface area contributed by atoms with Crippen LogP contribution in [0, 0.1) is 0 Å². The van der Waals surface area contributed by atoms with Crippen LogP contribution in [0.25, 0.3) is 0 Å². The molecule has 0 N–H and O–H groups in total. The van der Waals surface area contributed by atoms with E-state index >= 15 is 0 Å². The van der Waals surface area contributed by atoms with Crippen LogP contribution in [0.1, 0.15) is 0 Å². The zero-order valence-corrected chi connectivity index (χ0v) is 7.96. The molecule has 0 bridgehead atoms. The molecule has 0 saturated heterocycles. The van der Waals surface area contributed by atoms with E-state index in [9.17, 15) is 0 Å². The Hall–Kier alpha value is -0.110. The Morgan fingerprint density at radius 2 is 1.55 bits per heavy atom. The first-order chi connectivity index (χ1) is 4.86. The quantitative estimate of drug-likeness (QED) is 0.557. The molecule has 0 saturated carbocycles. The first-order valence-corrected chi connectivity index (χ1v) is 4.75. The second-order valence-electron chi connectivity index (χ2n) is 2.10. The summed E-state index contributed by atoms with van der Waals surface area (Å²) in [6.07, 6.45) is 0. The molecular formula is C8H6Cl2S. The summed E-state index contributed by atoms with van der Waals surface area (Å²) >= 11 is 5.72. The van der Waals surface area contributed by atoms with Gasteiger partial charge in [0, 0.05) is 5.02 Å². The van der Waals surface area contributed by atoms with E-state index in [0.717, 1.165) is 5.02 Å². The first kappa shape index (κ1) is 8.98. The van der Waals surface area contributed by atoms with Crippen molar-refractivity contribution in [1.29, 1.82) is 0 Å². The van der Waals surface area contributed by atoms with Crippen LogP contribution in [-0.4, -0.2) is 0 Å². The molecule has 2 rings (SSSR count). The molecule has 0 spiro atoms. The van der Waals surface area contributed by atoms with Gasteiger partial charge < -0.3 is 12.4 Å². The molecule has 1 aromatic rings. The maximum Gasteiger partial charge on any atom is 0.178 e. The summed E-state index contributed by atoms with van der Waals surface area (Å²) in [6.45, 7) is 0. The Labute approximate surface area is 80.0 Å². The normalized spacial score (nSPS) is 14.3. The fourth-order valence-corrected chi connectivity index (χ4v) is 1.89. The van der Waals surface area contributed by atoms with E-state index in [1.54, 1.807) is 0 Å². The van der Waals surface area contributed by atoms with Gasteiger partial charge in [-0.15, -0.1) is 0 Å². The summed E-state index contributed by atoms with van der Waals surface area (Å²) in [4.78, 5) is 1.37. The highest BCUT2D eigenvalue weighted by atomic mass is 35.5. The maximum atomic E-state index is 5.72. The van der Waals surface area contributed by atoms with Crippen molar-refractivity contribution >= 4 is 22.5 Å². The molecule has 0 fully saturated rings. The highest BCUT2D eigenvalue weighted by molar-refractivity contribution is 8.08. The van der Waals surface area contributed by atoms with Gasteiger partial charge in [-0.2, -0.15) is 0 Å². The molecule has 0 nitrogen and oxygen atoms in total. The SMILES string of the molecule is Clc1ccc([S+]2C=C2)cc1.[Cl-]. The maximum absolute atomic E-state index is 5.72. The van der Waals surface area contributed by atoms with Crippen LogP contribution >= 0.6 is 11.6 Å². The molecule has 0 unspecified atom stereocenters. The van der Waals surface area contributed by atoms with E-state index < -0.39 is 0 Å². The lowest BCUT2D eigenvalue weighted by Crippen LogP contribution is -3.00. The van der Waals surface area contributed by atoms with Crippen LogP contribution in [0.3, 0.4) is 0 Å². The molecule has 1 aromatic carbocycles. The molecule has 0 atom stereocenters. The smallest absolute Gasteiger partial charge is 0.178 e. The van der Waals surface area contributed by atoms with E-state index in [0.29, 0.717) is 10.9 Å². The largest absolute Gasteiger partial charge is 1.00 e. The molecular weight excluding hydrogens is 199 g/mol. The number of benzene rings is 1. The van der Waals surface area contributed by atoms with Crippen LogP contribution in [0.15, 0.2) is 40.0 Å². The Morgan fingerprint density at radius 1 is 1.00 bits per heavy atom.